The molecule has 1 aromatic rings. The Morgan fingerprint density at radius 1 is 1.44 bits per heavy atom. The van der Waals surface area contributed by atoms with Crippen LogP contribution in [0, 0.1) is 0 Å². The molecule has 6 nitrogen and oxygen atoms in total. The molecule has 0 unspecified atom stereocenters. The molecule has 0 aliphatic carbocycles. The van der Waals surface area contributed by atoms with Gasteiger partial charge in [0.2, 0.25) is 0 Å². The number of nitrogen functional groups attached to an aromatic ring is 1. The van der Waals surface area contributed by atoms with Crippen LogP contribution in [0.5, 0.6) is 0 Å². The first kappa shape index (κ1) is 15.0. The van der Waals surface area contributed by atoms with Crippen LogP contribution in [0.25, 0.3) is 0 Å². The van der Waals surface area contributed by atoms with Gasteiger partial charge in [-0.25, -0.2) is 4.98 Å². The minimum atomic E-state index is -0.240. The van der Waals surface area contributed by atoms with Crippen LogP contribution in [0.1, 0.15) is 20.3 Å². The van der Waals surface area contributed by atoms with Gasteiger partial charge >= 0.3 is 0 Å². The maximum atomic E-state index is 11.2. The van der Waals surface area contributed by atoms with Crippen LogP contribution in [0.3, 0.4) is 0 Å². The standard InChI is InChI=1S/C11H19N3O3S/c1-3-16-10(17-4-2)5-6-18-11-13-8(12)7-9(15)14-11/h7,10H,3-6H2,1-2H3,(H3,12,13,14,15). The van der Waals surface area contributed by atoms with E-state index in [1.54, 1.807) is 0 Å². The summed E-state index contributed by atoms with van der Waals surface area (Å²) >= 11 is 1.42. The maximum Gasteiger partial charge on any atom is 0.253 e. The molecule has 3 N–H and O–H groups in total. The number of nitrogens with two attached hydrogens (primary N) is 1. The van der Waals surface area contributed by atoms with E-state index in [1.165, 1.54) is 17.8 Å². The van der Waals surface area contributed by atoms with Crippen molar-refractivity contribution in [1.82, 2.24) is 9.97 Å². The number of hydrogen-bond donors (Lipinski definition) is 2. The molecule has 1 heterocycles. The second-order valence-corrected chi connectivity index (χ2v) is 4.54. The van der Waals surface area contributed by atoms with Gasteiger partial charge in [-0.15, -0.1) is 0 Å². The number of hydrogen-bond acceptors (Lipinski definition) is 6. The van der Waals surface area contributed by atoms with Crippen molar-refractivity contribution in [3.8, 4) is 0 Å². The lowest BCUT2D eigenvalue weighted by Gasteiger charge is -2.16. The van der Waals surface area contributed by atoms with Crippen molar-refractivity contribution in [3.63, 3.8) is 0 Å². The third-order valence-electron chi connectivity index (χ3n) is 2.04. The van der Waals surface area contributed by atoms with Crippen LogP contribution in [0.15, 0.2) is 16.0 Å². The molecule has 0 aliphatic rings. The summed E-state index contributed by atoms with van der Waals surface area (Å²) in [5, 5.41) is 0.520. The van der Waals surface area contributed by atoms with Gasteiger partial charge in [0, 0.05) is 31.5 Å². The van der Waals surface area contributed by atoms with Crippen molar-refractivity contribution in [2.75, 3.05) is 24.7 Å². The van der Waals surface area contributed by atoms with Gasteiger partial charge in [0.25, 0.3) is 5.56 Å². The number of anilines is 1. The topological polar surface area (TPSA) is 90.2 Å². The highest BCUT2D eigenvalue weighted by atomic mass is 32.2. The Labute approximate surface area is 110 Å². The lowest BCUT2D eigenvalue weighted by Crippen LogP contribution is -2.18. The van der Waals surface area contributed by atoms with E-state index in [-0.39, 0.29) is 17.7 Å². The minimum absolute atomic E-state index is 0.208. The second-order valence-electron chi connectivity index (χ2n) is 3.45. The zero-order valence-electron chi connectivity index (χ0n) is 10.6. The molecule has 1 aromatic heterocycles. The molecule has 0 fully saturated rings. The van der Waals surface area contributed by atoms with Gasteiger partial charge in [-0.3, -0.25) is 4.79 Å². The van der Waals surface area contributed by atoms with Gasteiger partial charge in [0.1, 0.15) is 5.82 Å². The molecule has 0 aromatic carbocycles. The molecular formula is C11H19N3O3S. The summed E-state index contributed by atoms with van der Waals surface area (Å²) in [6.07, 6.45) is 0.519. The largest absolute Gasteiger partial charge is 0.383 e. The van der Waals surface area contributed by atoms with Crippen LogP contribution < -0.4 is 11.3 Å². The van der Waals surface area contributed by atoms with Crippen molar-refractivity contribution < 1.29 is 9.47 Å². The van der Waals surface area contributed by atoms with Gasteiger partial charge in [-0.05, 0) is 13.8 Å². The van der Waals surface area contributed by atoms with Gasteiger partial charge in [-0.1, -0.05) is 11.8 Å². The third kappa shape index (κ3) is 5.52. The second kappa shape index (κ2) is 8.12. The average Bonchev–Trinajstić information content (AvgIpc) is 2.28. The summed E-state index contributed by atoms with van der Waals surface area (Å²) in [7, 11) is 0. The lowest BCUT2D eigenvalue weighted by atomic mass is 10.5. The molecule has 18 heavy (non-hydrogen) atoms. The molecule has 0 bridgehead atoms. The highest BCUT2D eigenvalue weighted by Gasteiger charge is 2.08. The molecule has 0 spiro atoms. The Morgan fingerprint density at radius 2 is 2.11 bits per heavy atom. The van der Waals surface area contributed by atoms with Gasteiger partial charge < -0.3 is 20.2 Å². The average molecular weight is 273 g/mol. The first-order valence-corrected chi connectivity index (χ1v) is 6.87. The van der Waals surface area contributed by atoms with Crippen molar-refractivity contribution >= 4 is 17.6 Å². The molecule has 102 valence electrons. The Bertz CT molecular complexity index is 405. The molecule has 7 heteroatoms. The van der Waals surface area contributed by atoms with Crippen molar-refractivity contribution in [1.29, 1.82) is 0 Å². The molecule has 0 aliphatic heterocycles. The summed E-state index contributed by atoms with van der Waals surface area (Å²) in [5.41, 5.74) is 5.25. The number of nitrogens with zero attached hydrogens (tertiary/aromatic N) is 1. The van der Waals surface area contributed by atoms with Crippen LogP contribution >= 0.6 is 11.8 Å². The number of thioether (sulfide) groups is 1. The summed E-state index contributed by atoms with van der Waals surface area (Å²) in [6, 6.07) is 1.26. The van der Waals surface area contributed by atoms with Crippen molar-refractivity contribution in [3.05, 3.63) is 16.4 Å². The fourth-order valence-electron chi connectivity index (χ4n) is 1.36. The zero-order valence-corrected chi connectivity index (χ0v) is 11.5. The number of H-pyrrole nitrogens is 1. The number of nitrogens with one attached hydrogen (secondary N) is 1. The molecule has 0 atom stereocenters. The summed E-state index contributed by atoms with van der Waals surface area (Å²) in [6.45, 7) is 5.08. The molecule has 1 rings (SSSR count). The summed E-state index contributed by atoms with van der Waals surface area (Å²) in [4.78, 5) is 17.8. The number of aromatic nitrogens is 2. The molecule has 0 amide bonds. The van der Waals surface area contributed by atoms with E-state index in [0.29, 0.717) is 18.4 Å². The zero-order chi connectivity index (χ0) is 13.4. The fourth-order valence-corrected chi connectivity index (χ4v) is 2.21. The first-order valence-electron chi connectivity index (χ1n) is 5.88. The molecule has 0 radical (unpaired) electrons. The van der Waals surface area contributed by atoms with E-state index in [4.69, 9.17) is 15.2 Å². The Balaban J connectivity index is 2.41. The predicted octanol–water partition coefficient (Wildman–Crippen LogP) is 1.23. The quantitative estimate of drug-likeness (QED) is 0.420. The summed E-state index contributed by atoms with van der Waals surface area (Å²) in [5.74, 6) is 0.962. The number of rotatable bonds is 8. The van der Waals surface area contributed by atoms with Crippen molar-refractivity contribution in [2.45, 2.75) is 31.7 Å². The highest BCUT2D eigenvalue weighted by molar-refractivity contribution is 7.99. The van der Waals surface area contributed by atoms with Crippen LogP contribution in [-0.4, -0.2) is 35.2 Å². The maximum absolute atomic E-state index is 11.2. The van der Waals surface area contributed by atoms with Crippen molar-refractivity contribution in [2.24, 2.45) is 0 Å². The van der Waals surface area contributed by atoms with Gasteiger partial charge in [0.05, 0.1) is 0 Å². The third-order valence-corrected chi connectivity index (χ3v) is 2.94. The van der Waals surface area contributed by atoms with E-state index >= 15 is 0 Å². The Kier molecular flexibility index (Phi) is 6.77. The Morgan fingerprint density at radius 3 is 2.67 bits per heavy atom. The van der Waals surface area contributed by atoms with Gasteiger partial charge in [0.15, 0.2) is 11.4 Å². The predicted molar refractivity (Wildman–Crippen MR) is 71.7 cm³/mol. The lowest BCUT2D eigenvalue weighted by molar-refractivity contribution is -0.136. The van der Waals surface area contributed by atoms with E-state index in [2.05, 4.69) is 9.97 Å². The van der Waals surface area contributed by atoms with Crippen LogP contribution in [0.4, 0.5) is 5.82 Å². The first-order chi connectivity index (χ1) is 8.65. The summed E-state index contributed by atoms with van der Waals surface area (Å²) < 4.78 is 10.8. The van der Waals surface area contributed by atoms with E-state index < -0.39 is 0 Å². The van der Waals surface area contributed by atoms with E-state index in [0.717, 1.165) is 12.2 Å². The molecule has 0 saturated heterocycles. The number of aromatic amines is 1. The SMILES string of the molecule is CCOC(CCSc1nc(N)cc(=O)[nH]1)OCC. The Hall–Kier alpha value is -1.05. The normalized spacial score (nSPS) is 11.1. The number of ether oxygens (including phenoxy) is 2. The van der Waals surface area contributed by atoms with E-state index in [9.17, 15) is 4.79 Å². The molecular weight excluding hydrogens is 254 g/mol. The van der Waals surface area contributed by atoms with Crippen LogP contribution in [0.2, 0.25) is 0 Å². The van der Waals surface area contributed by atoms with Gasteiger partial charge in [-0.2, -0.15) is 0 Å². The fraction of sp³-hybridized carbons (Fsp3) is 0.636. The monoisotopic (exact) mass is 273 g/mol. The smallest absolute Gasteiger partial charge is 0.253 e. The minimum Gasteiger partial charge on any atom is -0.383 e. The highest BCUT2D eigenvalue weighted by Crippen LogP contribution is 2.15. The molecule has 0 saturated carbocycles. The van der Waals surface area contributed by atoms with Crippen LogP contribution in [-0.2, 0) is 9.47 Å². The van der Waals surface area contributed by atoms with E-state index in [1.807, 2.05) is 13.8 Å².